The maximum Gasteiger partial charge on any atom is 0.325 e. The second kappa shape index (κ2) is 7.84. The highest BCUT2D eigenvalue weighted by Crippen LogP contribution is 2.22. The summed E-state index contributed by atoms with van der Waals surface area (Å²) in [6, 6.07) is 3.98. The number of carbonyl (C=O) groups is 2. The standard InChI is InChI=1S/C16H21N5O5S/c1-9(2)14(15(22)18-10(3)16(23)24)21-8-13(19-20-21)11-4-6-12(7-5-11)27(17,25)26/h4-10,14H,1-3H3,(H,18,22)(H,23,24)(H2,17,25,26). The molecule has 27 heavy (non-hydrogen) atoms. The Morgan fingerprint density at radius 1 is 1.19 bits per heavy atom. The van der Waals surface area contributed by atoms with E-state index in [1.807, 2.05) is 0 Å². The molecule has 0 aliphatic heterocycles. The van der Waals surface area contributed by atoms with Gasteiger partial charge in [0.25, 0.3) is 0 Å². The summed E-state index contributed by atoms with van der Waals surface area (Å²) in [5.74, 6) is -1.80. The van der Waals surface area contributed by atoms with E-state index in [0.717, 1.165) is 0 Å². The topological polar surface area (TPSA) is 157 Å². The van der Waals surface area contributed by atoms with E-state index in [-0.39, 0.29) is 10.8 Å². The number of nitrogens with two attached hydrogens (primary N) is 1. The minimum absolute atomic E-state index is 0.0271. The molecule has 146 valence electrons. The summed E-state index contributed by atoms with van der Waals surface area (Å²) >= 11 is 0. The Morgan fingerprint density at radius 3 is 2.26 bits per heavy atom. The van der Waals surface area contributed by atoms with Gasteiger partial charge in [0, 0.05) is 5.56 Å². The van der Waals surface area contributed by atoms with Crippen LogP contribution >= 0.6 is 0 Å². The fourth-order valence-corrected chi connectivity index (χ4v) is 2.96. The van der Waals surface area contributed by atoms with Crippen LogP contribution in [-0.4, -0.2) is 46.4 Å². The number of carbonyl (C=O) groups excluding carboxylic acids is 1. The van der Waals surface area contributed by atoms with Crippen LogP contribution in [0.15, 0.2) is 35.4 Å². The molecule has 10 nitrogen and oxygen atoms in total. The van der Waals surface area contributed by atoms with E-state index < -0.39 is 34.0 Å². The second-order valence-corrected chi connectivity index (χ2v) is 7.97. The Balaban J connectivity index is 2.28. The summed E-state index contributed by atoms with van der Waals surface area (Å²) in [5, 5.41) is 24.4. The molecule has 0 aliphatic rings. The summed E-state index contributed by atoms with van der Waals surface area (Å²) in [5.41, 5.74) is 1.02. The number of nitrogens with one attached hydrogen (secondary N) is 1. The number of sulfonamides is 1. The van der Waals surface area contributed by atoms with Crippen molar-refractivity contribution in [2.75, 3.05) is 0 Å². The predicted molar refractivity (Wildman–Crippen MR) is 95.9 cm³/mol. The number of amides is 1. The van der Waals surface area contributed by atoms with Gasteiger partial charge in [-0.3, -0.25) is 9.59 Å². The van der Waals surface area contributed by atoms with Crippen LogP contribution in [0.5, 0.6) is 0 Å². The molecule has 0 saturated heterocycles. The normalized spacial score (nSPS) is 14.0. The van der Waals surface area contributed by atoms with Gasteiger partial charge in [0.1, 0.15) is 17.8 Å². The van der Waals surface area contributed by atoms with Gasteiger partial charge in [-0.2, -0.15) is 0 Å². The van der Waals surface area contributed by atoms with Gasteiger partial charge in [0.05, 0.1) is 11.1 Å². The zero-order valence-corrected chi connectivity index (χ0v) is 15.8. The Labute approximate surface area is 156 Å². The quantitative estimate of drug-likeness (QED) is 0.611. The average Bonchev–Trinajstić information content (AvgIpc) is 3.03. The molecule has 0 spiro atoms. The molecule has 4 N–H and O–H groups in total. The van der Waals surface area contributed by atoms with Crippen molar-refractivity contribution in [2.24, 2.45) is 11.1 Å². The van der Waals surface area contributed by atoms with Crippen LogP contribution in [0.2, 0.25) is 0 Å². The number of rotatable bonds is 7. The van der Waals surface area contributed by atoms with Crippen molar-refractivity contribution in [2.45, 2.75) is 37.8 Å². The first kappa shape index (κ1) is 20.5. The van der Waals surface area contributed by atoms with Crippen LogP contribution in [0.4, 0.5) is 0 Å². The highest BCUT2D eigenvalue weighted by atomic mass is 32.2. The summed E-state index contributed by atoms with van der Waals surface area (Å²) in [6.45, 7) is 4.98. The third-order valence-corrected chi connectivity index (χ3v) is 4.83. The van der Waals surface area contributed by atoms with Crippen molar-refractivity contribution in [3.63, 3.8) is 0 Å². The number of primary sulfonamides is 1. The molecular weight excluding hydrogens is 374 g/mol. The molecule has 2 atom stereocenters. The number of hydrogen-bond acceptors (Lipinski definition) is 6. The molecule has 0 saturated carbocycles. The van der Waals surface area contributed by atoms with Crippen molar-refractivity contribution in [1.82, 2.24) is 20.3 Å². The van der Waals surface area contributed by atoms with Crippen molar-refractivity contribution in [1.29, 1.82) is 0 Å². The van der Waals surface area contributed by atoms with E-state index in [9.17, 15) is 18.0 Å². The van der Waals surface area contributed by atoms with Gasteiger partial charge >= 0.3 is 5.97 Å². The van der Waals surface area contributed by atoms with Crippen LogP contribution in [0.1, 0.15) is 26.8 Å². The van der Waals surface area contributed by atoms with E-state index in [1.54, 1.807) is 20.0 Å². The van der Waals surface area contributed by atoms with Crippen molar-refractivity contribution >= 4 is 21.9 Å². The highest BCUT2D eigenvalue weighted by molar-refractivity contribution is 7.89. The molecule has 2 aromatic rings. The fourth-order valence-electron chi connectivity index (χ4n) is 2.45. The van der Waals surface area contributed by atoms with Crippen LogP contribution < -0.4 is 10.5 Å². The molecule has 11 heteroatoms. The van der Waals surface area contributed by atoms with Crippen LogP contribution in [0, 0.1) is 5.92 Å². The second-order valence-electron chi connectivity index (χ2n) is 6.41. The molecule has 0 radical (unpaired) electrons. The Hall–Kier alpha value is -2.79. The molecule has 1 amide bonds. The first-order valence-electron chi connectivity index (χ1n) is 8.09. The van der Waals surface area contributed by atoms with E-state index >= 15 is 0 Å². The molecular formula is C16H21N5O5S. The van der Waals surface area contributed by atoms with Gasteiger partial charge in [-0.1, -0.05) is 31.2 Å². The average molecular weight is 395 g/mol. The first-order chi connectivity index (χ1) is 12.5. The molecule has 1 aromatic carbocycles. The van der Waals surface area contributed by atoms with Crippen LogP contribution in [0.3, 0.4) is 0 Å². The van der Waals surface area contributed by atoms with Gasteiger partial charge in [0.2, 0.25) is 15.9 Å². The number of carboxylic acid groups (broad SMARTS) is 1. The van der Waals surface area contributed by atoms with E-state index in [2.05, 4.69) is 15.6 Å². The number of aliphatic carboxylic acids is 1. The number of benzene rings is 1. The van der Waals surface area contributed by atoms with Crippen molar-refractivity contribution < 1.29 is 23.1 Å². The Morgan fingerprint density at radius 2 is 1.78 bits per heavy atom. The smallest absolute Gasteiger partial charge is 0.325 e. The van der Waals surface area contributed by atoms with Crippen molar-refractivity contribution in [3.8, 4) is 11.3 Å². The predicted octanol–water partition coefficient (Wildman–Crippen LogP) is 0.379. The maximum absolute atomic E-state index is 12.5. The zero-order valence-electron chi connectivity index (χ0n) is 15.0. The molecule has 0 fully saturated rings. The number of carboxylic acids is 1. The zero-order chi connectivity index (χ0) is 20.4. The summed E-state index contributed by atoms with van der Waals surface area (Å²) < 4.78 is 24.0. The van der Waals surface area contributed by atoms with Gasteiger partial charge in [0.15, 0.2) is 0 Å². The van der Waals surface area contributed by atoms with E-state index in [1.165, 1.54) is 35.9 Å². The van der Waals surface area contributed by atoms with E-state index in [4.69, 9.17) is 10.2 Å². The van der Waals surface area contributed by atoms with Gasteiger partial charge in [-0.15, -0.1) is 5.10 Å². The Kier molecular flexibility index (Phi) is 5.96. The third kappa shape index (κ3) is 4.89. The van der Waals surface area contributed by atoms with Gasteiger partial charge in [-0.25, -0.2) is 18.2 Å². The summed E-state index contributed by atoms with van der Waals surface area (Å²) in [4.78, 5) is 23.4. The molecule has 1 aromatic heterocycles. The largest absolute Gasteiger partial charge is 0.480 e. The maximum atomic E-state index is 12.5. The molecule has 0 bridgehead atoms. The number of nitrogens with zero attached hydrogens (tertiary/aromatic N) is 3. The number of aromatic nitrogens is 3. The fraction of sp³-hybridized carbons (Fsp3) is 0.375. The molecule has 1 heterocycles. The molecule has 2 rings (SSSR count). The lowest BCUT2D eigenvalue weighted by Crippen LogP contribution is -2.43. The molecule has 2 unspecified atom stereocenters. The van der Waals surface area contributed by atoms with E-state index in [0.29, 0.717) is 11.3 Å². The molecule has 0 aliphatic carbocycles. The SMILES string of the molecule is CC(NC(=O)C(C(C)C)n1cc(-c2ccc(S(N)(=O)=O)cc2)nn1)C(=O)O. The minimum Gasteiger partial charge on any atom is -0.480 e. The van der Waals surface area contributed by atoms with Gasteiger partial charge in [-0.05, 0) is 25.0 Å². The van der Waals surface area contributed by atoms with Crippen LogP contribution in [0.25, 0.3) is 11.3 Å². The Bertz CT molecular complexity index is 936. The summed E-state index contributed by atoms with van der Waals surface area (Å²) in [6.07, 6.45) is 1.54. The highest BCUT2D eigenvalue weighted by Gasteiger charge is 2.28. The van der Waals surface area contributed by atoms with Crippen molar-refractivity contribution in [3.05, 3.63) is 30.5 Å². The third-order valence-electron chi connectivity index (χ3n) is 3.90. The van der Waals surface area contributed by atoms with Crippen LogP contribution in [-0.2, 0) is 19.6 Å². The monoisotopic (exact) mass is 395 g/mol. The minimum atomic E-state index is -3.79. The van der Waals surface area contributed by atoms with Gasteiger partial charge < -0.3 is 10.4 Å². The summed E-state index contributed by atoms with van der Waals surface area (Å²) in [7, 11) is -3.79. The first-order valence-corrected chi connectivity index (χ1v) is 9.63. The lowest BCUT2D eigenvalue weighted by atomic mass is 10.0. The lowest BCUT2D eigenvalue weighted by Gasteiger charge is -2.21. The lowest BCUT2D eigenvalue weighted by molar-refractivity contribution is -0.142. The number of hydrogen-bond donors (Lipinski definition) is 3.